The predicted octanol–water partition coefficient (Wildman–Crippen LogP) is -0.0542. The average molecular weight is 328 g/mol. The zero-order chi connectivity index (χ0) is 16.8. The minimum absolute atomic E-state index is 0.150. The zero-order valence-corrected chi connectivity index (χ0v) is 13.7. The first-order chi connectivity index (χ1) is 11.8. The Balaban J connectivity index is 1.66. The van der Waals surface area contributed by atoms with Gasteiger partial charge in [0.2, 0.25) is 12.7 Å². The molecule has 24 heavy (non-hydrogen) atoms. The Morgan fingerprint density at radius 3 is 1.75 bits per heavy atom. The van der Waals surface area contributed by atoms with Crippen LogP contribution in [0.3, 0.4) is 0 Å². The first-order valence-electron chi connectivity index (χ1n) is 8.16. The summed E-state index contributed by atoms with van der Waals surface area (Å²) in [4.78, 5) is 0. The lowest BCUT2D eigenvalue weighted by atomic mass is 10.1. The summed E-state index contributed by atoms with van der Waals surface area (Å²) in [7, 11) is 0. The molecule has 0 atom stereocenters. The van der Waals surface area contributed by atoms with Gasteiger partial charge in [-0.25, -0.2) is 18.3 Å². The van der Waals surface area contributed by atoms with Crippen LogP contribution in [0.2, 0.25) is 0 Å². The molecule has 6 nitrogen and oxygen atoms in total. The second kappa shape index (κ2) is 7.90. The van der Waals surface area contributed by atoms with E-state index in [2.05, 4.69) is 33.4 Å². The summed E-state index contributed by atoms with van der Waals surface area (Å²) in [5.74, 6) is 0. The molecule has 0 unspecified atom stereocenters. The fraction of sp³-hybridized carbons (Fsp3) is 0.333. The van der Waals surface area contributed by atoms with Gasteiger partial charge >= 0.3 is 0 Å². The van der Waals surface area contributed by atoms with Crippen LogP contribution >= 0.6 is 0 Å². The first kappa shape index (κ1) is 16.4. The Labute approximate surface area is 141 Å². The van der Waals surface area contributed by atoms with E-state index in [9.17, 15) is 0 Å². The molecule has 0 radical (unpaired) electrons. The summed E-state index contributed by atoms with van der Waals surface area (Å²) in [5.41, 5.74) is 2.49. The van der Waals surface area contributed by atoms with E-state index in [0.29, 0.717) is 13.1 Å². The number of aromatic nitrogens is 4. The van der Waals surface area contributed by atoms with Gasteiger partial charge in [0, 0.05) is 0 Å². The Kier molecular flexibility index (Phi) is 5.40. The van der Waals surface area contributed by atoms with E-state index in [1.54, 1.807) is 0 Å². The Hall–Kier alpha value is -2.44. The van der Waals surface area contributed by atoms with E-state index in [1.807, 2.05) is 46.6 Å². The molecular formula is C18H24N4O2+2. The van der Waals surface area contributed by atoms with Crippen molar-refractivity contribution in [2.45, 2.75) is 26.2 Å². The maximum Gasteiger partial charge on any atom is 0.244 e. The molecule has 2 N–H and O–H groups in total. The second-order valence-corrected chi connectivity index (χ2v) is 5.91. The van der Waals surface area contributed by atoms with E-state index >= 15 is 0 Å². The molecular weight excluding hydrogens is 304 g/mol. The van der Waals surface area contributed by atoms with Gasteiger partial charge in [0.25, 0.3) is 0 Å². The van der Waals surface area contributed by atoms with Crippen LogP contribution in [0, 0.1) is 0 Å². The van der Waals surface area contributed by atoms with Crippen molar-refractivity contribution in [3.8, 4) is 0 Å². The number of aliphatic hydroxyl groups excluding tert-OH is 2. The molecule has 2 aromatic heterocycles. The lowest BCUT2D eigenvalue weighted by molar-refractivity contribution is -0.688. The lowest BCUT2D eigenvalue weighted by Crippen LogP contribution is -2.33. The molecule has 0 saturated heterocycles. The minimum atomic E-state index is 0.150. The van der Waals surface area contributed by atoms with Crippen LogP contribution < -0.4 is 9.13 Å². The summed E-state index contributed by atoms with van der Waals surface area (Å²) in [6, 6.07) is 8.55. The standard InChI is InChI=1S/C18H24N4O2/c23-10-8-19-4-6-21(15-19)13-17-2-1-3-18(12-17)14-22-7-5-20(16-22)9-11-24/h1-7,12,15-16,23-24H,8-11,13-14H2/q+2. The SMILES string of the molecule is OCCn1cc[n+](Cc2cccc(C[n+]3ccn(CCO)c3)c2)c1. The molecule has 1 aromatic carbocycles. The summed E-state index contributed by atoms with van der Waals surface area (Å²) in [5, 5.41) is 18.0. The molecule has 2 heterocycles. The van der Waals surface area contributed by atoms with Gasteiger partial charge < -0.3 is 10.2 Å². The summed E-state index contributed by atoms with van der Waals surface area (Å²) in [6.07, 6.45) is 12.0. The molecule has 0 amide bonds. The molecule has 0 saturated carbocycles. The van der Waals surface area contributed by atoms with E-state index in [4.69, 9.17) is 10.2 Å². The molecule has 0 fully saturated rings. The Morgan fingerprint density at radius 2 is 1.29 bits per heavy atom. The molecule has 0 bridgehead atoms. The zero-order valence-electron chi connectivity index (χ0n) is 13.7. The van der Waals surface area contributed by atoms with Gasteiger partial charge in [-0.15, -0.1) is 0 Å². The van der Waals surface area contributed by atoms with Crippen LogP contribution in [0.4, 0.5) is 0 Å². The topological polar surface area (TPSA) is 58.1 Å². The van der Waals surface area contributed by atoms with E-state index < -0.39 is 0 Å². The predicted molar refractivity (Wildman–Crippen MR) is 88.1 cm³/mol. The second-order valence-electron chi connectivity index (χ2n) is 5.91. The smallest absolute Gasteiger partial charge is 0.244 e. The molecule has 6 heteroatoms. The Bertz CT molecular complexity index is 717. The van der Waals surface area contributed by atoms with Gasteiger partial charge in [0.15, 0.2) is 0 Å². The third-order valence-electron chi connectivity index (χ3n) is 3.93. The molecule has 0 aliphatic heterocycles. The van der Waals surface area contributed by atoms with Gasteiger partial charge in [-0.2, -0.15) is 0 Å². The largest absolute Gasteiger partial charge is 0.392 e. The number of hydrogen-bond donors (Lipinski definition) is 2. The van der Waals surface area contributed by atoms with Crippen LogP contribution in [0.5, 0.6) is 0 Å². The van der Waals surface area contributed by atoms with E-state index in [0.717, 1.165) is 13.1 Å². The summed E-state index contributed by atoms with van der Waals surface area (Å²) >= 11 is 0. The van der Waals surface area contributed by atoms with Crippen molar-refractivity contribution < 1.29 is 19.3 Å². The minimum Gasteiger partial charge on any atom is -0.392 e. The molecule has 0 spiro atoms. The quantitative estimate of drug-likeness (QED) is 0.570. The molecule has 3 rings (SSSR count). The molecule has 0 aliphatic carbocycles. The maximum absolute atomic E-state index is 8.98. The fourth-order valence-electron chi connectivity index (χ4n) is 2.81. The van der Waals surface area contributed by atoms with Gasteiger partial charge in [-0.3, -0.25) is 0 Å². The fourth-order valence-corrected chi connectivity index (χ4v) is 2.81. The van der Waals surface area contributed by atoms with Gasteiger partial charge in [0.05, 0.1) is 13.2 Å². The number of nitrogens with zero attached hydrogens (tertiary/aromatic N) is 4. The monoisotopic (exact) mass is 328 g/mol. The highest BCUT2D eigenvalue weighted by molar-refractivity contribution is 5.22. The van der Waals surface area contributed by atoms with Crippen molar-refractivity contribution in [1.29, 1.82) is 0 Å². The molecule has 3 aromatic rings. The number of hydrogen-bond acceptors (Lipinski definition) is 2. The van der Waals surface area contributed by atoms with Crippen LogP contribution in [-0.2, 0) is 26.2 Å². The highest BCUT2D eigenvalue weighted by Gasteiger charge is 2.07. The highest BCUT2D eigenvalue weighted by Crippen LogP contribution is 2.05. The van der Waals surface area contributed by atoms with Crippen molar-refractivity contribution in [2.75, 3.05) is 13.2 Å². The average Bonchev–Trinajstić information content (AvgIpc) is 3.18. The number of imidazole rings is 2. The highest BCUT2D eigenvalue weighted by atomic mass is 16.3. The first-order valence-corrected chi connectivity index (χ1v) is 8.16. The van der Waals surface area contributed by atoms with E-state index in [-0.39, 0.29) is 13.2 Å². The number of aliphatic hydroxyl groups is 2. The molecule has 0 aliphatic rings. The van der Waals surface area contributed by atoms with Crippen LogP contribution in [-0.4, -0.2) is 32.6 Å². The van der Waals surface area contributed by atoms with Crippen molar-refractivity contribution in [3.05, 3.63) is 72.8 Å². The van der Waals surface area contributed by atoms with Crippen molar-refractivity contribution in [2.24, 2.45) is 0 Å². The van der Waals surface area contributed by atoms with Gasteiger partial charge in [-0.1, -0.05) is 18.2 Å². The van der Waals surface area contributed by atoms with Crippen LogP contribution in [0.1, 0.15) is 11.1 Å². The van der Waals surface area contributed by atoms with E-state index in [1.165, 1.54) is 11.1 Å². The van der Waals surface area contributed by atoms with Crippen LogP contribution in [0.15, 0.2) is 61.7 Å². The van der Waals surface area contributed by atoms with Gasteiger partial charge in [-0.05, 0) is 17.2 Å². The number of benzene rings is 1. The Morgan fingerprint density at radius 1 is 0.792 bits per heavy atom. The summed E-state index contributed by atoms with van der Waals surface area (Å²) < 4.78 is 8.17. The van der Waals surface area contributed by atoms with Crippen LogP contribution in [0.25, 0.3) is 0 Å². The van der Waals surface area contributed by atoms with Gasteiger partial charge in [0.1, 0.15) is 51.0 Å². The lowest BCUT2D eigenvalue weighted by Gasteiger charge is -2.02. The third-order valence-corrected chi connectivity index (χ3v) is 3.93. The van der Waals surface area contributed by atoms with Crippen molar-refractivity contribution in [3.63, 3.8) is 0 Å². The maximum atomic E-state index is 8.98. The van der Waals surface area contributed by atoms with Crippen molar-refractivity contribution in [1.82, 2.24) is 9.13 Å². The number of rotatable bonds is 8. The van der Waals surface area contributed by atoms with Crippen molar-refractivity contribution >= 4 is 0 Å². The normalized spacial score (nSPS) is 11.1. The third kappa shape index (κ3) is 4.31. The molecule has 126 valence electrons. The summed E-state index contributed by atoms with van der Waals surface area (Å²) in [6.45, 7) is 3.16.